The van der Waals surface area contributed by atoms with Crippen molar-refractivity contribution in [2.24, 2.45) is 0 Å². The third kappa shape index (κ3) is 2.22. The average Bonchev–Trinajstić information content (AvgIpc) is 2.34. The maximum atomic E-state index is 9.82. The van der Waals surface area contributed by atoms with Gasteiger partial charge in [-0.3, -0.25) is 0 Å². The lowest BCUT2D eigenvalue weighted by Crippen LogP contribution is -2.16. The first-order valence-corrected chi connectivity index (χ1v) is 3.31. The number of phenolic OH excluding ortho intramolecular Hbond substituents is 1. The first-order chi connectivity index (χ1) is 8.15. The molecule has 0 aliphatic carbocycles. The van der Waals surface area contributed by atoms with Crippen molar-refractivity contribution in [3.63, 3.8) is 0 Å². The molecule has 1 aromatic carbocycles. The van der Waals surface area contributed by atoms with Crippen LogP contribution in [0, 0.1) is 0 Å². The molecule has 0 saturated heterocycles. The molecule has 0 amide bonds. The Kier molecular flexibility index (Phi) is 1.28. The van der Waals surface area contributed by atoms with Gasteiger partial charge in [0.1, 0.15) is 5.75 Å². The fraction of sp³-hybridized carbons (Fsp3) is 0.333. The molecule has 3 N–H and O–H groups in total. The summed E-state index contributed by atoms with van der Waals surface area (Å²) in [7, 11) is 1.25. The third-order valence-electron chi connectivity index (χ3n) is 1.19. The first kappa shape index (κ1) is 3.77. The van der Waals surface area contributed by atoms with Crippen LogP contribution in [0.5, 0.6) is 5.75 Å². The lowest BCUT2D eigenvalue weighted by atomic mass is 10.1. The van der Waals surface area contributed by atoms with E-state index >= 15 is 0 Å². The molecule has 66 valence electrons. The van der Waals surface area contributed by atoms with Crippen LogP contribution < -0.4 is 5.32 Å². The van der Waals surface area contributed by atoms with E-state index < -0.39 is 48.1 Å². The van der Waals surface area contributed by atoms with Crippen molar-refractivity contribution in [2.75, 3.05) is 13.5 Å². The normalized spacial score (nSPS) is 21.2. The molecule has 0 saturated carbocycles. The number of rotatable bonds is 3. The zero-order chi connectivity index (χ0) is 14.2. The second-order valence-corrected chi connectivity index (χ2v) is 2.06. The van der Waals surface area contributed by atoms with E-state index in [1.807, 2.05) is 0 Å². The predicted octanol–water partition coefficient (Wildman–Crippen LogP) is 0.645. The number of hydrogen-bond donors (Lipinski definition) is 3. The van der Waals surface area contributed by atoms with Crippen LogP contribution in [0.3, 0.4) is 0 Å². The van der Waals surface area contributed by atoms with Crippen LogP contribution in [0.25, 0.3) is 0 Å². The van der Waals surface area contributed by atoms with E-state index in [2.05, 4.69) is 5.32 Å². The predicted molar refractivity (Wildman–Crippen MR) is 47.0 cm³/mol. The summed E-state index contributed by atoms with van der Waals surface area (Å²) in [5.74, 6) is -0.850. The molecule has 1 rings (SSSR count). The quantitative estimate of drug-likeness (QED) is 0.629. The lowest BCUT2D eigenvalue weighted by Gasteiger charge is -2.09. The van der Waals surface area contributed by atoms with Gasteiger partial charge < -0.3 is 15.5 Å². The van der Waals surface area contributed by atoms with Gasteiger partial charge in [-0.25, -0.2) is 0 Å². The number of likely N-dealkylation sites (N-methyl/N-ethyl adjacent to an activating group) is 1. The van der Waals surface area contributed by atoms with Crippen molar-refractivity contribution in [3.8, 4) is 5.75 Å². The van der Waals surface area contributed by atoms with Gasteiger partial charge in [-0.1, -0.05) is 12.1 Å². The van der Waals surface area contributed by atoms with E-state index in [1.165, 1.54) is 7.05 Å². The monoisotopic (exact) mass is 173 g/mol. The number of hydrogen-bond acceptors (Lipinski definition) is 3. The van der Waals surface area contributed by atoms with Gasteiger partial charge in [-0.2, -0.15) is 0 Å². The van der Waals surface area contributed by atoms with Crippen molar-refractivity contribution in [2.45, 2.75) is 6.10 Å². The molecule has 0 heterocycles. The second-order valence-electron chi connectivity index (χ2n) is 2.06. The minimum atomic E-state index is -2.33. The smallest absolute Gasteiger partial charge is 0.115 e. The van der Waals surface area contributed by atoms with Gasteiger partial charge in [0.05, 0.1) is 11.6 Å². The average molecular weight is 173 g/mol. The molecule has 1 atom stereocenters. The molecule has 0 spiro atoms. The van der Waals surface area contributed by atoms with Crippen LogP contribution in [-0.4, -0.2) is 23.8 Å². The minimum absolute atomic E-state index is 0.521. The van der Waals surface area contributed by atoms with Crippen LogP contribution in [0.2, 0.25) is 0 Å². The van der Waals surface area contributed by atoms with Gasteiger partial charge >= 0.3 is 0 Å². The lowest BCUT2D eigenvalue weighted by molar-refractivity contribution is 0.177. The van der Waals surface area contributed by atoms with Crippen LogP contribution in [-0.2, 0) is 0 Å². The number of nitrogens with one attached hydrogen (secondary N) is 1. The van der Waals surface area contributed by atoms with Gasteiger partial charge in [-0.05, 0) is 24.7 Å². The van der Waals surface area contributed by atoms with Crippen LogP contribution in [0.1, 0.15) is 19.9 Å². The fourth-order valence-electron chi connectivity index (χ4n) is 0.693. The summed E-state index contributed by atoms with van der Waals surface area (Å²) in [5.41, 5.74) is -0.521. The highest BCUT2D eigenvalue weighted by Crippen LogP contribution is 2.17. The molecule has 0 unspecified atom stereocenters. The summed E-state index contributed by atoms with van der Waals surface area (Å²) in [6.07, 6.45) is -1.90. The highest BCUT2D eigenvalue weighted by atomic mass is 16.3. The molecule has 0 aromatic heterocycles. The largest absolute Gasteiger partial charge is 0.508 e. The Morgan fingerprint density at radius 1 is 1.75 bits per heavy atom. The summed E-state index contributed by atoms with van der Waals surface area (Å²) in [6, 6.07) is -2.71. The molecular formula is C9H13NO2. The van der Waals surface area contributed by atoms with E-state index in [1.54, 1.807) is 0 Å². The zero-order valence-electron chi connectivity index (χ0n) is 12.5. The van der Waals surface area contributed by atoms with Crippen LogP contribution in [0.15, 0.2) is 24.2 Å². The Labute approximate surface area is 80.1 Å². The van der Waals surface area contributed by atoms with E-state index in [-0.39, 0.29) is 0 Å². The van der Waals surface area contributed by atoms with Crippen molar-refractivity contribution in [1.82, 2.24) is 5.32 Å². The molecule has 0 aliphatic heterocycles. The molecule has 0 bridgehead atoms. The number of aromatic hydroxyl groups is 1. The van der Waals surface area contributed by atoms with E-state index in [4.69, 9.17) is 8.22 Å². The van der Waals surface area contributed by atoms with Gasteiger partial charge in [0, 0.05) is 9.24 Å². The maximum absolute atomic E-state index is 9.82. The topological polar surface area (TPSA) is 52.5 Å². The summed E-state index contributed by atoms with van der Waals surface area (Å²) in [5, 5.41) is 21.4. The summed E-state index contributed by atoms with van der Waals surface area (Å²) in [6.45, 7) is -2.33. The number of benzene rings is 1. The summed E-state index contributed by atoms with van der Waals surface area (Å²) >= 11 is 0. The third-order valence-corrected chi connectivity index (χ3v) is 1.19. The summed E-state index contributed by atoms with van der Waals surface area (Å²) < 4.78 is 44.7. The SMILES string of the molecule is [2H]c1c([2H])c(O)c([2H])c([C@H](O)C([2H])([2H])NC)c1[2H]. The van der Waals surface area contributed by atoms with Crippen molar-refractivity contribution < 1.29 is 18.4 Å². The van der Waals surface area contributed by atoms with Crippen molar-refractivity contribution in [3.05, 3.63) is 29.7 Å². The molecule has 1 aromatic rings. The van der Waals surface area contributed by atoms with Gasteiger partial charge in [0.15, 0.2) is 0 Å². The number of phenols is 1. The summed E-state index contributed by atoms with van der Waals surface area (Å²) in [4.78, 5) is 0. The minimum Gasteiger partial charge on any atom is -0.508 e. The van der Waals surface area contributed by atoms with Gasteiger partial charge in [0.2, 0.25) is 0 Å². The molecule has 3 nitrogen and oxygen atoms in total. The van der Waals surface area contributed by atoms with E-state index in [0.717, 1.165) is 0 Å². The Morgan fingerprint density at radius 3 is 3.17 bits per heavy atom. The van der Waals surface area contributed by atoms with Crippen LogP contribution >= 0.6 is 0 Å². The van der Waals surface area contributed by atoms with Gasteiger partial charge in [-0.15, -0.1) is 0 Å². The van der Waals surface area contributed by atoms with Crippen molar-refractivity contribution in [1.29, 1.82) is 0 Å². The second kappa shape index (κ2) is 4.09. The Hall–Kier alpha value is -1.06. The van der Waals surface area contributed by atoms with E-state index in [9.17, 15) is 10.2 Å². The molecular weight excluding hydrogens is 154 g/mol. The molecule has 0 fully saturated rings. The molecule has 3 heteroatoms. The highest BCUT2D eigenvalue weighted by Gasteiger charge is 2.05. The number of aliphatic hydroxyl groups is 1. The number of aliphatic hydroxyl groups excluding tert-OH is 1. The Balaban J connectivity index is 3.52. The maximum Gasteiger partial charge on any atom is 0.115 e. The first-order valence-electron chi connectivity index (χ1n) is 6.31. The van der Waals surface area contributed by atoms with E-state index in [0.29, 0.717) is 0 Å². The van der Waals surface area contributed by atoms with Gasteiger partial charge in [0.25, 0.3) is 0 Å². The molecule has 12 heavy (non-hydrogen) atoms. The Morgan fingerprint density at radius 2 is 2.50 bits per heavy atom. The standard InChI is InChI=1S/C9H13NO2/c1-10-6-9(12)7-3-2-4-8(11)5-7/h2-5,9-12H,6H2,1H3/t9-/m1/s1/i2D,3D,4D,5D,6D2. The molecule has 0 radical (unpaired) electrons. The highest BCUT2D eigenvalue weighted by molar-refractivity contribution is 5.28. The van der Waals surface area contributed by atoms with Crippen molar-refractivity contribution >= 4 is 0 Å². The molecule has 0 aliphatic rings. The zero-order valence-corrected chi connectivity index (χ0v) is 6.47. The van der Waals surface area contributed by atoms with Crippen LogP contribution in [0.4, 0.5) is 0 Å². The fourth-order valence-corrected chi connectivity index (χ4v) is 0.693. The Bertz CT molecular complexity index is 450.